The lowest BCUT2D eigenvalue weighted by Crippen LogP contribution is -2.47. The highest BCUT2D eigenvalue weighted by atomic mass is 35.5. The smallest absolute Gasteiger partial charge is 0.409 e. The lowest BCUT2D eigenvalue weighted by molar-refractivity contribution is 0.107. The largest absolute Gasteiger partial charge is 0.453 e. The van der Waals surface area contributed by atoms with E-state index in [0.29, 0.717) is 79.0 Å². The molecule has 1 aromatic carbocycles. The van der Waals surface area contributed by atoms with Crippen LogP contribution in [0.1, 0.15) is 36.8 Å². The fraction of sp³-hybridized carbons (Fsp3) is 0.464. The molecule has 228 valence electrons. The number of sulfonamides is 1. The highest BCUT2D eigenvalue weighted by Gasteiger charge is 2.26. The number of benzene rings is 1. The van der Waals surface area contributed by atoms with Gasteiger partial charge in [0.2, 0.25) is 16.0 Å². The maximum atomic E-state index is 11.9. The van der Waals surface area contributed by atoms with Crippen LogP contribution in [-0.2, 0) is 21.3 Å². The lowest BCUT2D eigenvalue weighted by atomic mass is 10.1. The van der Waals surface area contributed by atoms with Crippen molar-refractivity contribution in [3.8, 4) is 23.0 Å². The van der Waals surface area contributed by atoms with Crippen LogP contribution in [0.15, 0.2) is 36.8 Å². The second-order valence-corrected chi connectivity index (χ2v) is 13.1. The predicted octanol–water partition coefficient (Wildman–Crippen LogP) is 3.01. The standard InChI is InChI=1S/C28H34ClN9O4S/c1-42-28(39)36-9-3-4-23(18-36)31-14-19-5-6-25(24(29)12-19)38-17-21(16-33-38)26-20(13-30)15-32-27(35-26)34-22-7-10-37(11-8-22)43(2,40)41/h5-6,12,15-17,22-23,31H,3-4,7-11,14,18H2,1-2H3,(H,32,34,35)/t23-/m1/s1. The zero-order valence-corrected chi connectivity index (χ0v) is 25.6. The van der Waals surface area contributed by atoms with Crippen LogP contribution in [0.5, 0.6) is 0 Å². The second-order valence-electron chi connectivity index (χ2n) is 10.7. The molecule has 2 saturated heterocycles. The van der Waals surface area contributed by atoms with Gasteiger partial charge >= 0.3 is 6.09 Å². The van der Waals surface area contributed by atoms with Gasteiger partial charge in [-0.2, -0.15) is 10.4 Å². The third-order valence-corrected chi connectivity index (χ3v) is 9.34. The van der Waals surface area contributed by atoms with E-state index in [9.17, 15) is 18.5 Å². The van der Waals surface area contributed by atoms with Crippen molar-refractivity contribution in [2.75, 3.05) is 44.9 Å². The van der Waals surface area contributed by atoms with Crippen LogP contribution in [-0.4, -0.2) is 95.1 Å². The normalized spacial score (nSPS) is 18.3. The number of ether oxygens (including phenoxy) is 1. The molecule has 1 atom stereocenters. The first kappa shape index (κ1) is 30.7. The molecule has 0 aliphatic carbocycles. The summed E-state index contributed by atoms with van der Waals surface area (Å²) in [5, 5.41) is 21.5. The van der Waals surface area contributed by atoms with Crippen molar-refractivity contribution in [2.45, 2.75) is 44.3 Å². The zero-order valence-electron chi connectivity index (χ0n) is 24.0. The Kier molecular flexibility index (Phi) is 9.46. The molecule has 15 heteroatoms. The molecule has 0 spiro atoms. The van der Waals surface area contributed by atoms with E-state index in [1.165, 1.54) is 23.9 Å². The van der Waals surface area contributed by atoms with Gasteiger partial charge in [0.15, 0.2) is 0 Å². The number of carbonyl (C=O) groups excluding carboxylic acids is 1. The number of aromatic nitrogens is 4. The van der Waals surface area contributed by atoms with Gasteiger partial charge in [0.05, 0.1) is 47.7 Å². The number of hydrogen-bond donors (Lipinski definition) is 2. The maximum Gasteiger partial charge on any atom is 0.409 e. The van der Waals surface area contributed by atoms with Crippen LogP contribution in [0, 0.1) is 11.3 Å². The first-order chi connectivity index (χ1) is 20.6. The van der Waals surface area contributed by atoms with E-state index < -0.39 is 10.0 Å². The fourth-order valence-electron chi connectivity index (χ4n) is 5.39. The van der Waals surface area contributed by atoms with Crippen LogP contribution in [0.4, 0.5) is 10.7 Å². The summed E-state index contributed by atoms with van der Waals surface area (Å²) in [5.74, 6) is 0.363. The minimum Gasteiger partial charge on any atom is -0.453 e. The highest BCUT2D eigenvalue weighted by Crippen LogP contribution is 2.27. The summed E-state index contributed by atoms with van der Waals surface area (Å²) in [5.41, 5.74) is 3.04. The molecule has 43 heavy (non-hydrogen) atoms. The van der Waals surface area contributed by atoms with Gasteiger partial charge in [-0.1, -0.05) is 17.7 Å². The molecule has 5 rings (SSSR count). The Labute approximate surface area is 255 Å². The molecule has 2 aliphatic rings. The Morgan fingerprint density at radius 2 is 1.98 bits per heavy atom. The number of nitriles is 1. The predicted molar refractivity (Wildman–Crippen MR) is 161 cm³/mol. The summed E-state index contributed by atoms with van der Waals surface area (Å²) in [4.78, 5) is 22.5. The van der Waals surface area contributed by atoms with Crippen molar-refractivity contribution in [3.63, 3.8) is 0 Å². The third-order valence-electron chi connectivity index (χ3n) is 7.73. The second kappa shape index (κ2) is 13.3. The van der Waals surface area contributed by atoms with Crippen molar-refractivity contribution < 1.29 is 17.9 Å². The monoisotopic (exact) mass is 627 g/mol. The number of hydrogen-bond acceptors (Lipinski definition) is 10. The van der Waals surface area contributed by atoms with E-state index in [-0.39, 0.29) is 18.2 Å². The Balaban J connectivity index is 1.25. The van der Waals surface area contributed by atoms with E-state index in [1.807, 2.05) is 18.2 Å². The van der Waals surface area contributed by atoms with Gasteiger partial charge in [0.1, 0.15) is 6.07 Å². The molecule has 4 heterocycles. The number of piperidine rings is 2. The van der Waals surface area contributed by atoms with E-state index in [0.717, 1.165) is 18.4 Å². The number of rotatable bonds is 8. The molecule has 1 amide bonds. The molecular formula is C28H34ClN9O4S. The fourth-order valence-corrected chi connectivity index (χ4v) is 6.56. The molecule has 2 aromatic heterocycles. The molecule has 2 aliphatic heterocycles. The molecule has 0 radical (unpaired) electrons. The number of halogens is 1. The summed E-state index contributed by atoms with van der Waals surface area (Å²) in [6.07, 6.45) is 8.91. The van der Waals surface area contributed by atoms with Crippen molar-refractivity contribution in [1.82, 2.24) is 34.3 Å². The van der Waals surface area contributed by atoms with Gasteiger partial charge in [-0.15, -0.1) is 0 Å². The summed E-state index contributed by atoms with van der Waals surface area (Å²) in [7, 11) is -1.82. The van der Waals surface area contributed by atoms with E-state index >= 15 is 0 Å². The van der Waals surface area contributed by atoms with Crippen LogP contribution in [0.2, 0.25) is 5.02 Å². The van der Waals surface area contributed by atoms with E-state index in [1.54, 1.807) is 22.0 Å². The number of carbonyl (C=O) groups is 1. The number of nitrogens with zero attached hydrogens (tertiary/aromatic N) is 7. The summed E-state index contributed by atoms with van der Waals surface area (Å²) in [6.45, 7) is 2.75. The first-order valence-electron chi connectivity index (χ1n) is 14.0. The first-order valence-corrected chi connectivity index (χ1v) is 16.3. The number of anilines is 1. The molecule has 0 saturated carbocycles. The molecule has 0 unspecified atom stereocenters. The van der Waals surface area contributed by atoms with Gasteiger partial charge in [0.25, 0.3) is 0 Å². The number of methoxy groups -OCH3 is 1. The summed E-state index contributed by atoms with van der Waals surface area (Å²) in [6, 6.07) is 8.07. The van der Waals surface area contributed by atoms with Gasteiger partial charge in [-0.05, 0) is 43.4 Å². The quantitative estimate of drug-likeness (QED) is 0.380. The Morgan fingerprint density at radius 3 is 2.67 bits per heavy atom. The zero-order chi connectivity index (χ0) is 30.6. The number of amides is 1. The average molecular weight is 628 g/mol. The van der Waals surface area contributed by atoms with Crippen LogP contribution >= 0.6 is 11.6 Å². The molecular weight excluding hydrogens is 594 g/mol. The van der Waals surface area contributed by atoms with Crippen molar-refractivity contribution in [2.24, 2.45) is 0 Å². The van der Waals surface area contributed by atoms with Crippen molar-refractivity contribution in [3.05, 3.63) is 52.9 Å². The summed E-state index contributed by atoms with van der Waals surface area (Å²) < 4.78 is 31.6. The van der Waals surface area contributed by atoms with Gasteiger partial charge in [-0.3, -0.25) is 0 Å². The number of nitrogens with one attached hydrogen (secondary N) is 2. The van der Waals surface area contributed by atoms with Gasteiger partial charge in [0, 0.05) is 56.6 Å². The van der Waals surface area contributed by atoms with Gasteiger partial charge in [-0.25, -0.2) is 32.2 Å². The minimum absolute atomic E-state index is 0.0122. The van der Waals surface area contributed by atoms with E-state index in [2.05, 4.69) is 31.8 Å². The highest BCUT2D eigenvalue weighted by molar-refractivity contribution is 7.88. The van der Waals surface area contributed by atoms with Crippen LogP contribution < -0.4 is 10.6 Å². The third kappa shape index (κ3) is 7.42. The molecule has 0 bridgehead atoms. The molecule has 3 aromatic rings. The average Bonchev–Trinajstić information content (AvgIpc) is 3.49. The Morgan fingerprint density at radius 1 is 1.19 bits per heavy atom. The Bertz CT molecular complexity index is 1620. The topological polar surface area (TPSA) is 158 Å². The minimum atomic E-state index is -3.21. The van der Waals surface area contributed by atoms with Crippen molar-refractivity contribution >= 4 is 33.7 Å². The SMILES string of the molecule is COC(=O)N1CCC[C@@H](NCc2ccc(-n3cc(-c4nc(NC5CCN(S(C)(=O)=O)CC5)ncc4C#N)cn3)c(Cl)c2)C1. The van der Waals surface area contributed by atoms with Crippen molar-refractivity contribution in [1.29, 1.82) is 5.26 Å². The van der Waals surface area contributed by atoms with Gasteiger partial charge < -0.3 is 20.3 Å². The number of likely N-dealkylation sites (tertiary alicyclic amines) is 1. The van der Waals surface area contributed by atoms with E-state index in [4.69, 9.17) is 16.3 Å². The molecule has 13 nitrogen and oxygen atoms in total. The van der Waals surface area contributed by atoms with Crippen LogP contribution in [0.25, 0.3) is 16.9 Å². The molecule has 2 fully saturated rings. The maximum absolute atomic E-state index is 11.9. The van der Waals surface area contributed by atoms with Crippen LogP contribution in [0.3, 0.4) is 0 Å². The summed E-state index contributed by atoms with van der Waals surface area (Å²) >= 11 is 6.67. The molecule has 2 N–H and O–H groups in total. The Hall–Kier alpha value is -3.77. The lowest BCUT2D eigenvalue weighted by Gasteiger charge is -2.32.